The molecule has 3 aliphatic rings. The van der Waals surface area contributed by atoms with Crippen LogP contribution in [0, 0.1) is 11.6 Å². The maximum atomic E-state index is 14.0. The first kappa shape index (κ1) is 31.9. The number of nitrogens with zero attached hydrogens (tertiary/aromatic N) is 5. The van der Waals surface area contributed by atoms with E-state index in [2.05, 4.69) is 37.7 Å². The van der Waals surface area contributed by atoms with Gasteiger partial charge in [-0.25, -0.2) is 22.0 Å². The van der Waals surface area contributed by atoms with Gasteiger partial charge < -0.3 is 25.3 Å². The SMILES string of the molecule is CN1CCN(c2ccc(C(=O)Nc3n[nH]c4c3CN(S(=O)(=O)c3cc(F)cc(F)c3)CC4(C)C)c(NC(=O)N3CCCC3)c2)CC1. The van der Waals surface area contributed by atoms with E-state index in [1.165, 1.54) is 0 Å². The zero-order chi connectivity index (χ0) is 32.8. The molecular formula is C31H38F2N8O4S. The zero-order valence-corrected chi connectivity index (χ0v) is 26.9. The Morgan fingerprint density at radius 1 is 0.935 bits per heavy atom. The smallest absolute Gasteiger partial charge is 0.321 e. The first-order chi connectivity index (χ1) is 21.8. The third-order valence-corrected chi connectivity index (χ3v) is 10.7. The lowest BCUT2D eigenvalue weighted by Gasteiger charge is -2.36. The minimum Gasteiger partial charge on any atom is -0.369 e. The fraction of sp³-hybridized carbons (Fsp3) is 0.452. The number of carbonyl (C=O) groups is 2. The molecule has 0 radical (unpaired) electrons. The van der Waals surface area contributed by atoms with E-state index in [0.717, 1.165) is 61.1 Å². The average Bonchev–Trinajstić information content (AvgIpc) is 3.68. The Morgan fingerprint density at radius 2 is 1.61 bits per heavy atom. The first-order valence-corrected chi connectivity index (χ1v) is 16.7. The molecule has 0 unspecified atom stereocenters. The van der Waals surface area contributed by atoms with E-state index in [0.29, 0.717) is 36.1 Å². The molecule has 2 saturated heterocycles. The summed E-state index contributed by atoms with van der Waals surface area (Å²) < 4.78 is 56.1. The molecule has 246 valence electrons. The van der Waals surface area contributed by atoms with Crippen LogP contribution in [0.15, 0.2) is 41.3 Å². The molecule has 3 amide bonds. The van der Waals surface area contributed by atoms with Crippen LogP contribution in [0.2, 0.25) is 0 Å². The number of aromatic amines is 1. The molecule has 0 aliphatic carbocycles. The van der Waals surface area contributed by atoms with Crippen molar-refractivity contribution in [1.82, 2.24) is 24.3 Å². The highest BCUT2D eigenvalue weighted by Crippen LogP contribution is 2.38. The molecule has 46 heavy (non-hydrogen) atoms. The van der Waals surface area contributed by atoms with Crippen LogP contribution in [0.5, 0.6) is 0 Å². The van der Waals surface area contributed by atoms with Crippen molar-refractivity contribution in [3.05, 3.63) is 64.9 Å². The molecular weight excluding hydrogens is 618 g/mol. The van der Waals surface area contributed by atoms with Crippen molar-refractivity contribution < 1.29 is 26.8 Å². The van der Waals surface area contributed by atoms with Gasteiger partial charge in [0.1, 0.15) is 11.6 Å². The number of hydrogen-bond donors (Lipinski definition) is 3. The molecule has 3 N–H and O–H groups in total. The third kappa shape index (κ3) is 6.31. The lowest BCUT2D eigenvalue weighted by molar-refractivity contribution is 0.102. The van der Waals surface area contributed by atoms with E-state index < -0.39 is 37.9 Å². The minimum absolute atomic E-state index is 0.0104. The van der Waals surface area contributed by atoms with Crippen LogP contribution in [0.4, 0.5) is 30.8 Å². The quantitative estimate of drug-likeness (QED) is 0.368. The fourth-order valence-corrected chi connectivity index (χ4v) is 7.93. The van der Waals surface area contributed by atoms with Gasteiger partial charge in [-0.15, -0.1) is 0 Å². The fourth-order valence-electron chi connectivity index (χ4n) is 6.32. The van der Waals surface area contributed by atoms with Gasteiger partial charge >= 0.3 is 6.03 Å². The number of H-pyrrole nitrogens is 1. The topological polar surface area (TPSA) is 134 Å². The van der Waals surface area contributed by atoms with Gasteiger partial charge in [0, 0.05) is 80.8 Å². The molecule has 3 aliphatic heterocycles. The van der Waals surface area contributed by atoms with Gasteiger partial charge in [0.2, 0.25) is 10.0 Å². The number of likely N-dealkylation sites (tertiary alicyclic amines) is 1. The number of urea groups is 1. The lowest BCUT2D eigenvalue weighted by Crippen LogP contribution is -2.45. The van der Waals surface area contributed by atoms with Crippen molar-refractivity contribution in [3.8, 4) is 0 Å². The van der Waals surface area contributed by atoms with Crippen molar-refractivity contribution in [2.75, 3.05) is 68.4 Å². The van der Waals surface area contributed by atoms with E-state index in [-0.39, 0.29) is 30.5 Å². The average molecular weight is 657 g/mol. The molecule has 0 saturated carbocycles. The third-order valence-electron chi connectivity index (χ3n) is 8.91. The lowest BCUT2D eigenvalue weighted by atomic mass is 9.84. The van der Waals surface area contributed by atoms with Crippen LogP contribution in [0.1, 0.15) is 48.3 Å². The standard InChI is InChI=1S/C31H38F2N8O4S/c1-31(2)19-41(46(44,45)23-15-20(32)14-21(33)16-23)18-25-27(31)36-37-28(25)35-29(42)24-7-6-22(39-12-10-38(3)11-13-39)17-26(24)34-30(43)40-8-4-5-9-40/h6-7,14-17H,4-5,8-13,18-19H2,1-3H3,(H,34,43)(H2,35,36,37,42). The number of nitrogens with one attached hydrogen (secondary N) is 3. The second kappa shape index (κ2) is 12.3. The molecule has 2 fully saturated rings. The van der Waals surface area contributed by atoms with E-state index in [9.17, 15) is 26.8 Å². The number of benzene rings is 2. The summed E-state index contributed by atoms with van der Waals surface area (Å²) in [6, 6.07) is 7.22. The molecule has 2 aromatic carbocycles. The zero-order valence-electron chi connectivity index (χ0n) is 26.1. The summed E-state index contributed by atoms with van der Waals surface area (Å²) in [5.41, 5.74) is 1.75. The maximum Gasteiger partial charge on any atom is 0.321 e. The minimum atomic E-state index is -4.30. The van der Waals surface area contributed by atoms with Crippen LogP contribution < -0.4 is 15.5 Å². The van der Waals surface area contributed by atoms with Crippen LogP contribution in [0.25, 0.3) is 0 Å². The number of anilines is 3. The van der Waals surface area contributed by atoms with Crippen molar-refractivity contribution >= 4 is 39.2 Å². The highest BCUT2D eigenvalue weighted by molar-refractivity contribution is 7.89. The predicted molar refractivity (Wildman–Crippen MR) is 169 cm³/mol. The van der Waals surface area contributed by atoms with Gasteiger partial charge in [-0.1, -0.05) is 13.8 Å². The number of carbonyl (C=O) groups excluding carboxylic acids is 2. The number of sulfonamides is 1. The van der Waals surface area contributed by atoms with Crippen molar-refractivity contribution in [2.45, 2.75) is 43.5 Å². The van der Waals surface area contributed by atoms with E-state index >= 15 is 0 Å². The Kier molecular flexibility index (Phi) is 8.50. The van der Waals surface area contributed by atoms with Crippen molar-refractivity contribution in [1.29, 1.82) is 0 Å². The molecule has 0 bridgehead atoms. The van der Waals surface area contributed by atoms with Gasteiger partial charge in [-0.05, 0) is 50.2 Å². The highest BCUT2D eigenvalue weighted by Gasteiger charge is 2.41. The van der Waals surface area contributed by atoms with Crippen LogP contribution in [-0.2, 0) is 22.0 Å². The highest BCUT2D eigenvalue weighted by atomic mass is 32.2. The Balaban J connectivity index is 1.29. The Morgan fingerprint density at radius 3 is 2.28 bits per heavy atom. The number of halogens is 2. The van der Waals surface area contributed by atoms with E-state index in [1.807, 2.05) is 26.0 Å². The predicted octanol–water partition coefficient (Wildman–Crippen LogP) is 3.80. The first-order valence-electron chi connectivity index (χ1n) is 15.3. The van der Waals surface area contributed by atoms with Gasteiger partial charge in [0.25, 0.3) is 5.91 Å². The second-order valence-corrected chi connectivity index (χ2v) is 14.7. The molecule has 3 aromatic rings. The molecule has 1 aromatic heterocycles. The van der Waals surface area contributed by atoms with Crippen LogP contribution in [0.3, 0.4) is 0 Å². The molecule has 15 heteroatoms. The molecule has 0 atom stereocenters. The number of aromatic nitrogens is 2. The molecule has 12 nitrogen and oxygen atoms in total. The van der Waals surface area contributed by atoms with Gasteiger partial charge in [-0.2, -0.15) is 9.40 Å². The number of hydrogen-bond acceptors (Lipinski definition) is 7. The van der Waals surface area contributed by atoms with Crippen LogP contribution >= 0.6 is 0 Å². The molecule has 6 rings (SSSR count). The summed E-state index contributed by atoms with van der Waals surface area (Å²) in [6.07, 6.45) is 1.84. The maximum absolute atomic E-state index is 14.0. The van der Waals surface area contributed by atoms with Crippen molar-refractivity contribution in [3.63, 3.8) is 0 Å². The number of rotatable bonds is 6. The Hall–Kier alpha value is -4.08. The number of fused-ring (bicyclic) bond motifs is 1. The van der Waals surface area contributed by atoms with Crippen molar-refractivity contribution in [2.24, 2.45) is 0 Å². The number of piperazine rings is 1. The van der Waals surface area contributed by atoms with Gasteiger partial charge in [0.15, 0.2) is 5.82 Å². The normalized spacial score (nSPS) is 18.8. The van der Waals surface area contributed by atoms with E-state index in [1.54, 1.807) is 11.0 Å². The largest absolute Gasteiger partial charge is 0.369 e. The second-order valence-electron chi connectivity index (χ2n) is 12.8. The summed E-state index contributed by atoms with van der Waals surface area (Å²) in [4.78, 5) is 32.6. The monoisotopic (exact) mass is 656 g/mol. The summed E-state index contributed by atoms with van der Waals surface area (Å²) in [7, 11) is -2.24. The summed E-state index contributed by atoms with van der Waals surface area (Å²) in [6.45, 7) is 8.11. The summed E-state index contributed by atoms with van der Waals surface area (Å²) in [5.74, 6) is -2.42. The molecule has 0 spiro atoms. The number of amides is 3. The van der Waals surface area contributed by atoms with E-state index in [4.69, 9.17) is 0 Å². The summed E-state index contributed by atoms with van der Waals surface area (Å²) >= 11 is 0. The molecule has 4 heterocycles. The summed E-state index contributed by atoms with van der Waals surface area (Å²) in [5, 5.41) is 13.0. The van der Waals surface area contributed by atoms with Gasteiger partial charge in [-0.3, -0.25) is 9.89 Å². The van der Waals surface area contributed by atoms with Gasteiger partial charge in [0.05, 0.1) is 16.1 Å². The Labute approximate surface area is 266 Å². The number of likely N-dealkylation sites (N-methyl/N-ethyl adjacent to an activating group) is 1. The van der Waals surface area contributed by atoms with Crippen LogP contribution in [-0.4, -0.2) is 97.5 Å². The Bertz CT molecular complexity index is 1750.